The minimum atomic E-state index is 0.0519. The van der Waals surface area contributed by atoms with Gasteiger partial charge in [0.1, 0.15) is 12.4 Å². The van der Waals surface area contributed by atoms with Crippen molar-refractivity contribution in [2.24, 2.45) is 5.41 Å². The van der Waals surface area contributed by atoms with Crippen LogP contribution in [0.5, 0.6) is 6.01 Å². The van der Waals surface area contributed by atoms with E-state index in [1.54, 1.807) is 0 Å². The van der Waals surface area contributed by atoms with Gasteiger partial charge >= 0.3 is 6.01 Å². The highest BCUT2D eigenvalue weighted by Gasteiger charge is 2.40. The summed E-state index contributed by atoms with van der Waals surface area (Å²) in [4.78, 5) is 18.7. The molecule has 1 atom stereocenters. The van der Waals surface area contributed by atoms with Crippen LogP contribution in [0.1, 0.15) is 31.0 Å². The second kappa shape index (κ2) is 10.4. The molecule has 0 unspecified atom stereocenters. The van der Waals surface area contributed by atoms with Gasteiger partial charge in [-0.15, -0.1) is 0 Å². The lowest BCUT2D eigenvalue weighted by molar-refractivity contribution is 0.0738. The molecule has 3 aliphatic rings. The van der Waals surface area contributed by atoms with Crippen LogP contribution in [-0.4, -0.2) is 79.2 Å². The summed E-state index contributed by atoms with van der Waals surface area (Å²) in [6.07, 6.45) is 5.43. The van der Waals surface area contributed by atoms with E-state index in [9.17, 15) is 5.26 Å². The number of hydrogen-bond acceptors (Lipinski definition) is 8. The lowest BCUT2D eigenvalue weighted by atomic mass is 9.82. The molecule has 4 heterocycles. The second-order valence-corrected chi connectivity index (χ2v) is 12.2. The predicted molar refractivity (Wildman–Crippen MR) is 155 cm³/mol. The molecule has 2 fully saturated rings. The van der Waals surface area contributed by atoms with Gasteiger partial charge in [-0.05, 0) is 50.4 Å². The Balaban J connectivity index is 1.31. The molecule has 1 aromatic heterocycles. The lowest BCUT2D eigenvalue weighted by Crippen LogP contribution is -2.57. The standard InChI is InChI=1S/C30H36ClN7O/c1-30(18-37(19-30)20-32)17-36(3)28-23-12-14-38(26-11-5-8-21-7-4-10-24(31)27(21)26)15-25(23)33-29(34-28)39-16-22-9-6-13-35(22)2/h4-5,7-8,10-11,22H,6,9,12-19H2,1-3H3/t22-/m0/s1. The molecule has 3 aliphatic heterocycles. The van der Waals surface area contributed by atoms with Crippen molar-refractivity contribution in [1.29, 1.82) is 5.26 Å². The van der Waals surface area contributed by atoms with E-state index in [2.05, 4.69) is 66.2 Å². The molecule has 39 heavy (non-hydrogen) atoms. The molecule has 2 aromatic carbocycles. The maximum Gasteiger partial charge on any atom is 0.318 e. The molecular weight excluding hydrogens is 510 g/mol. The summed E-state index contributed by atoms with van der Waals surface area (Å²) >= 11 is 6.68. The number of nitrogens with zero attached hydrogens (tertiary/aromatic N) is 7. The van der Waals surface area contributed by atoms with Crippen molar-refractivity contribution >= 4 is 33.9 Å². The molecule has 0 saturated carbocycles. The van der Waals surface area contributed by atoms with Crippen LogP contribution in [0, 0.1) is 16.9 Å². The summed E-state index contributed by atoms with van der Waals surface area (Å²) in [6.45, 7) is 7.83. The van der Waals surface area contributed by atoms with E-state index in [1.807, 2.05) is 17.0 Å². The Kier molecular flexibility index (Phi) is 6.90. The lowest BCUT2D eigenvalue weighted by Gasteiger charge is -2.47. The summed E-state index contributed by atoms with van der Waals surface area (Å²) < 4.78 is 6.27. The molecule has 0 N–H and O–H groups in total. The van der Waals surface area contributed by atoms with E-state index >= 15 is 0 Å². The van der Waals surface area contributed by atoms with Crippen molar-refractivity contribution < 1.29 is 4.74 Å². The molecule has 0 radical (unpaired) electrons. The number of halogens is 1. The van der Waals surface area contributed by atoms with Gasteiger partial charge in [0.2, 0.25) is 0 Å². The van der Waals surface area contributed by atoms with Crippen molar-refractivity contribution in [3.05, 3.63) is 52.7 Å². The van der Waals surface area contributed by atoms with E-state index in [-0.39, 0.29) is 5.41 Å². The molecular formula is C30H36ClN7O. The highest BCUT2D eigenvalue weighted by Crippen LogP contribution is 2.38. The van der Waals surface area contributed by atoms with Crippen LogP contribution in [0.3, 0.4) is 0 Å². The third kappa shape index (κ3) is 5.06. The molecule has 0 aliphatic carbocycles. The third-order valence-electron chi connectivity index (χ3n) is 8.54. The number of likely N-dealkylation sites (tertiary alicyclic amines) is 2. The Morgan fingerprint density at radius 2 is 1.97 bits per heavy atom. The number of hydrogen-bond donors (Lipinski definition) is 0. The Morgan fingerprint density at radius 3 is 2.72 bits per heavy atom. The maximum absolute atomic E-state index is 9.24. The van der Waals surface area contributed by atoms with Gasteiger partial charge in [0.25, 0.3) is 0 Å². The number of ether oxygens (including phenoxy) is 1. The average molecular weight is 546 g/mol. The van der Waals surface area contributed by atoms with Crippen LogP contribution in [0.2, 0.25) is 5.02 Å². The van der Waals surface area contributed by atoms with Crippen LogP contribution < -0.4 is 14.5 Å². The van der Waals surface area contributed by atoms with Gasteiger partial charge in [-0.2, -0.15) is 15.2 Å². The monoisotopic (exact) mass is 545 g/mol. The fourth-order valence-corrected chi connectivity index (χ4v) is 6.85. The minimum absolute atomic E-state index is 0.0519. The van der Waals surface area contributed by atoms with Crippen molar-refractivity contribution in [3.63, 3.8) is 0 Å². The Labute approximate surface area is 235 Å². The minimum Gasteiger partial charge on any atom is -0.462 e. The first-order valence-corrected chi connectivity index (χ1v) is 14.2. The van der Waals surface area contributed by atoms with Gasteiger partial charge in [0.05, 0.1) is 17.3 Å². The SMILES string of the molecule is CN(CC1(C)CN(C#N)C1)c1nc(OC[C@@H]2CCCN2C)nc2c1CCN(c1cccc3cccc(Cl)c13)C2. The molecule has 0 spiro atoms. The highest BCUT2D eigenvalue weighted by atomic mass is 35.5. The first-order chi connectivity index (χ1) is 18.8. The van der Waals surface area contributed by atoms with Gasteiger partial charge in [-0.25, -0.2) is 0 Å². The van der Waals surface area contributed by atoms with Crippen molar-refractivity contribution in [2.45, 2.75) is 38.8 Å². The van der Waals surface area contributed by atoms with E-state index in [1.165, 1.54) is 12.0 Å². The van der Waals surface area contributed by atoms with Gasteiger partial charge in [0.15, 0.2) is 6.19 Å². The molecule has 9 heteroatoms. The number of aromatic nitrogens is 2. The molecule has 0 amide bonds. The van der Waals surface area contributed by atoms with Crippen LogP contribution in [-0.2, 0) is 13.0 Å². The van der Waals surface area contributed by atoms with E-state index in [4.69, 9.17) is 26.3 Å². The molecule has 0 bridgehead atoms. The van der Waals surface area contributed by atoms with Crippen molar-refractivity contribution in [1.82, 2.24) is 19.8 Å². The highest BCUT2D eigenvalue weighted by molar-refractivity contribution is 6.36. The fraction of sp³-hybridized carbons (Fsp3) is 0.500. The zero-order chi connectivity index (χ0) is 27.1. The number of fused-ring (bicyclic) bond motifs is 2. The number of benzene rings is 2. The number of likely N-dealkylation sites (N-methyl/N-ethyl adjacent to an activating group) is 1. The maximum atomic E-state index is 9.24. The number of rotatable bonds is 7. The zero-order valence-electron chi connectivity index (χ0n) is 23.0. The van der Waals surface area contributed by atoms with Gasteiger partial charge in [0, 0.05) is 61.3 Å². The van der Waals surface area contributed by atoms with E-state index in [0.29, 0.717) is 25.2 Å². The molecule has 204 valence electrons. The van der Waals surface area contributed by atoms with E-state index in [0.717, 1.165) is 78.6 Å². The van der Waals surface area contributed by atoms with E-state index < -0.39 is 0 Å². The Hall–Kier alpha value is -3.28. The van der Waals surface area contributed by atoms with Crippen LogP contribution in [0.4, 0.5) is 11.5 Å². The molecule has 8 nitrogen and oxygen atoms in total. The number of nitriles is 1. The normalized spacial score (nSPS) is 20.4. The first kappa shape index (κ1) is 26.0. The summed E-state index contributed by atoms with van der Waals surface area (Å²) in [6, 6.07) is 13.3. The fourth-order valence-electron chi connectivity index (χ4n) is 6.57. The topological polar surface area (TPSA) is 71.8 Å². The largest absolute Gasteiger partial charge is 0.462 e. The predicted octanol–water partition coefficient (Wildman–Crippen LogP) is 4.56. The summed E-state index contributed by atoms with van der Waals surface area (Å²) in [5.74, 6) is 0.946. The van der Waals surface area contributed by atoms with Crippen molar-refractivity contribution in [2.75, 3.05) is 63.2 Å². The first-order valence-electron chi connectivity index (χ1n) is 13.8. The number of anilines is 2. The third-order valence-corrected chi connectivity index (χ3v) is 8.85. The van der Waals surface area contributed by atoms with Crippen LogP contribution in [0.15, 0.2) is 36.4 Å². The summed E-state index contributed by atoms with van der Waals surface area (Å²) in [7, 11) is 4.26. The van der Waals surface area contributed by atoms with Crippen LogP contribution >= 0.6 is 11.6 Å². The molecule has 3 aromatic rings. The van der Waals surface area contributed by atoms with Crippen LogP contribution in [0.25, 0.3) is 10.8 Å². The summed E-state index contributed by atoms with van der Waals surface area (Å²) in [5.41, 5.74) is 3.38. The summed E-state index contributed by atoms with van der Waals surface area (Å²) in [5, 5.41) is 12.2. The second-order valence-electron chi connectivity index (χ2n) is 11.8. The average Bonchev–Trinajstić information content (AvgIpc) is 3.33. The Morgan fingerprint density at radius 1 is 1.18 bits per heavy atom. The molecule has 2 saturated heterocycles. The van der Waals surface area contributed by atoms with Gasteiger partial charge in [-0.3, -0.25) is 0 Å². The smallest absolute Gasteiger partial charge is 0.318 e. The Bertz CT molecular complexity index is 1410. The zero-order valence-corrected chi connectivity index (χ0v) is 23.8. The molecule has 6 rings (SSSR count). The van der Waals surface area contributed by atoms with Gasteiger partial charge in [-0.1, -0.05) is 42.8 Å². The quantitative estimate of drug-likeness (QED) is 0.400. The van der Waals surface area contributed by atoms with Gasteiger partial charge < -0.3 is 24.3 Å². The van der Waals surface area contributed by atoms with Crippen molar-refractivity contribution in [3.8, 4) is 12.2 Å².